The van der Waals surface area contributed by atoms with Gasteiger partial charge in [0.25, 0.3) is 11.8 Å². The number of carbonyl (C=O) groups is 2. The van der Waals surface area contributed by atoms with Crippen molar-refractivity contribution >= 4 is 17.6 Å². The van der Waals surface area contributed by atoms with E-state index in [1.54, 1.807) is 29.4 Å². The number of carbonyl (C=O) groups excluding carboxylic acids is 2. The van der Waals surface area contributed by atoms with Crippen molar-refractivity contribution in [3.05, 3.63) is 42.2 Å². The van der Waals surface area contributed by atoms with E-state index < -0.39 is 0 Å². The Bertz CT molecular complexity index is 776. The standard InChI is InChI=1S/C19H23N5O3/c25-18(23-6-2-1-3-7-23)15-13-21-17(14-20-15)22-8-10-24(11-9-22)19(26)16-5-4-12-27-16/h4-5,12-14H,1-3,6-11H2. The van der Waals surface area contributed by atoms with Gasteiger partial charge in [-0.1, -0.05) is 0 Å². The van der Waals surface area contributed by atoms with E-state index in [2.05, 4.69) is 14.9 Å². The molecule has 0 aliphatic carbocycles. The highest BCUT2D eigenvalue weighted by Gasteiger charge is 2.25. The summed E-state index contributed by atoms with van der Waals surface area (Å²) in [7, 11) is 0. The predicted molar refractivity (Wildman–Crippen MR) is 98.6 cm³/mol. The molecule has 4 rings (SSSR count). The monoisotopic (exact) mass is 369 g/mol. The first kappa shape index (κ1) is 17.5. The minimum atomic E-state index is -0.0896. The summed E-state index contributed by atoms with van der Waals surface area (Å²) in [6, 6.07) is 3.39. The van der Waals surface area contributed by atoms with E-state index >= 15 is 0 Å². The predicted octanol–water partition coefficient (Wildman–Crippen LogP) is 1.66. The Hall–Kier alpha value is -2.90. The molecule has 4 heterocycles. The quantitative estimate of drug-likeness (QED) is 0.818. The number of anilines is 1. The first-order valence-corrected chi connectivity index (χ1v) is 9.41. The number of rotatable bonds is 3. The van der Waals surface area contributed by atoms with E-state index in [0.29, 0.717) is 37.6 Å². The zero-order chi connectivity index (χ0) is 18.6. The lowest BCUT2D eigenvalue weighted by molar-refractivity contribution is 0.0707. The van der Waals surface area contributed by atoms with E-state index in [1.165, 1.54) is 12.7 Å². The molecule has 0 N–H and O–H groups in total. The third kappa shape index (κ3) is 3.79. The molecule has 0 bridgehead atoms. The molecule has 2 aromatic rings. The summed E-state index contributed by atoms with van der Waals surface area (Å²) in [6.07, 6.45) is 8.01. The Morgan fingerprint density at radius 1 is 0.852 bits per heavy atom. The number of furan rings is 1. The summed E-state index contributed by atoms with van der Waals surface area (Å²) in [5.41, 5.74) is 0.396. The van der Waals surface area contributed by atoms with Gasteiger partial charge in [0.05, 0.1) is 18.7 Å². The molecule has 0 unspecified atom stereocenters. The van der Waals surface area contributed by atoms with Gasteiger partial charge in [-0.05, 0) is 31.4 Å². The van der Waals surface area contributed by atoms with Gasteiger partial charge in [0.1, 0.15) is 11.5 Å². The lowest BCUT2D eigenvalue weighted by Gasteiger charge is -2.34. The maximum Gasteiger partial charge on any atom is 0.289 e. The molecule has 0 atom stereocenters. The van der Waals surface area contributed by atoms with Gasteiger partial charge in [0.15, 0.2) is 5.76 Å². The van der Waals surface area contributed by atoms with Gasteiger partial charge < -0.3 is 19.1 Å². The second kappa shape index (κ2) is 7.77. The molecule has 2 aromatic heterocycles. The Labute approximate surface area is 157 Å². The number of hydrogen-bond donors (Lipinski definition) is 0. The van der Waals surface area contributed by atoms with Crippen LogP contribution in [0.1, 0.15) is 40.3 Å². The molecule has 8 heteroatoms. The second-order valence-corrected chi connectivity index (χ2v) is 6.87. The fraction of sp³-hybridized carbons (Fsp3) is 0.474. The number of aromatic nitrogens is 2. The molecule has 0 saturated carbocycles. The van der Waals surface area contributed by atoms with Gasteiger partial charge in [-0.15, -0.1) is 0 Å². The molecule has 2 fully saturated rings. The number of hydrogen-bond acceptors (Lipinski definition) is 6. The average molecular weight is 369 g/mol. The molecule has 2 aliphatic heterocycles. The zero-order valence-corrected chi connectivity index (χ0v) is 15.2. The van der Waals surface area contributed by atoms with Gasteiger partial charge in [-0.2, -0.15) is 0 Å². The lowest BCUT2D eigenvalue weighted by atomic mass is 10.1. The second-order valence-electron chi connectivity index (χ2n) is 6.87. The Balaban J connectivity index is 1.34. The maximum atomic E-state index is 12.5. The van der Waals surface area contributed by atoms with Gasteiger partial charge in [-0.3, -0.25) is 9.59 Å². The van der Waals surface area contributed by atoms with Crippen LogP contribution in [0.2, 0.25) is 0 Å². The number of likely N-dealkylation sites (tertiary alicyclic amines) is 1. The number of piperazine rings is 1. The highest BCUT2D eigenvalue weighted by atomic mass is 16.3. The highest BCUT2D eigenvalue weighted by Crippen LogP contribution is 2.16. The fourth-order valence-electron chi connectivity index (χ4n) is 3.55. The molecular formula is C19H23N5O3. The van der Waals surface area contributed by atoms with Crippen molar-refractivity contribution in [2.45, 2.75) is 19.3 Å². The van der Waals surface area contributed by atoms with Crippen LogP contribution in [0, 0.1) is 0 Å². The third-order valence-electron chi connectivity index (χ3n) is 5.12. The van der Waals surface area contributed by atoms with Crippen LogP contribution in [0.15, 0.2) is 35.2 Å². The van der Waals surface area contributed by atoms with Gasteiger partial charge in [-0.25, -0.2) is 9.97 Å². The lowest BCUT2D eigenvalue weighted by Crippen LogP contribution is -2.49. The maximum absolute atomic E-state index is 12.5. The Kier molecular flexibility index (Phi) is 5.04. The van der Waals surface area contributed by atoms with Crippen molar-refractivity contribution in [3.63, 3.8) is 0 Å². The Morgan fingerprint density at radius 2 is 1.59 bits per heavy atom. The Morgan fingerprint density at radius 3 is 2.22 bits per heavy atom. The number of amides is 2. The van der Waals surface area contributed by atoms with Crippen molar-refractivity contribution in [1.29, 1.82) is 0 Å². The summed E-state index contributed by atoms with van der Waals surface area (Å²) in [6.45, 7) is 4.12. The SMILES string of the molecule is O=C(c1cnc(N2CCN(C(=O)c3ccco3)CC2)cn1)N1CCCCC1. The fourth-order valence-corrected chi connectivity index (χ4v) is 3.55. The van der Waals surface area contributed by atoms with Crippen LogP contribution in [0.3, 0.4) is 0 Å². The number of piperidine rings is 1. The minimum absolute atomic E-state index is 0.0392. The summed E-state index contributed by atoms with van der Waals surface area (Å²) in [5.74, 6) is 0.968. The first-order valence-electron chi connectivity index (χ1n) is 9.41. The van der Waals surface area contributed by atoms with E-state index in [-0.39, 0.29) is 11.8 Å². The van der Waals surface area contributed by atoms with E-state index in [1.807, 2.05) is 4.90 Å². The van der Waals surface area contributed by atoms with Gasteiger partial charge in [0, 0.05) is 39.3 Å². The molecule has 2 amide bonds. The molecule has 2 saturated heterocycles. The largest absolute Gasteiger partial charge is 0.459 e. The van der Waals surface area contributed by atoms with Crippen molar-refractivity contribution in [1.82, 2.24) is 19.8 Å². The normalized spacial score (nSPS) is 17.9. The van der Waals surface area contributed by atoms with Crippen LogP contribution in [-0.2, 0) is 0 Å². The van der Waals surface area contributed by atoms with E-state index in [9.17, 15) is 9.59 Å². The topological polar surface area (TPSA) is 82.8 Å². The minimum Gasteiger partial charge on any atom is -0.459 e. The molecule has 2 aliphatic rings. The van der Waals surface area contributed by atoms with Gasteiger partial charge >= 0.3 is 0 Å². The summed E-state index contributed by atoms with van der Waals surface area (Å²) >= 11 is 0. The van der Waals surface area contributed by atoms with Crippen LogP contribution in [0.5, 0.6) is 0 Å². The molecule has 0 spiro atoms. The van der Waals surface area contributed by atoms with Crippen molar-refractivity contribution in [2.75, 3.05) is 44.2 Å². The van der Waals surface area contributed by atoms with Crippen LogP contribution >= 0.6 is 0 Å². The zero-order valence-electron chi connectivity index (χ0n) is 15.2. The molecular weight excluding hydrogens is 346 g/mol. The number of nitrogens with zero attached hydrogens (tertiary/aromatic N) is 5. The van der Waals surface area contributed by atoms with Crippen molar-refractivity contribution < 1.29 is 14.0 Å². The molecule has 142 valence electrons. The highest BCUT2D eigenvalue weighted by molar-refractivity contribution is 5.92. The van der Waals surface area contributed by atoms with Crippen molar-refractivity contribution in [2.24, 2.45) is 0 Å². The average Bonchev–Trinajstić information content (AvgIpc) is 3.28. The van der Waals surface area contributed by atoms with Crippen LogP contribution < -0.4 is 4.90 Å². The van der Waals surface area contributed by atoms with E-state index in [0.717, 1.165) is 31.7 Å². The molecule has 27 heavy (non-hydrogen) atoms. The van der Waals surface area contributed by atoms with Crippen LogP contribution in [-0.4, -0.2) is 70.9 Å². The summed E-state index contributed by atoms with van der Waals surface area (Å²) in [4.78, 5) is 39.3. The van der Waals surface area contributed by atoms with Crippen molar-refractivity contribution in [3.8, 4) is 0 Å². The molecule has 0 aromatic carbocycles. The summed E-state index contributed by atoms with van der Waals surface area (Å²) in [5, 5.41) is 0. The smallest absolute Gasteiger partial charge is 0.289 e. The van der Waals surface area contributed by atoms with E-state index in [4.69, 9.17) is 4.42 Å². The van der Waals surface area contributed by atoms with Crippen LogP contribution in [0.25, 0.3) is 0 Å². The molecule has 0 radical (unpaired) electrons. The van der Waals surface area contributed by atoms with Crippen LogP contribution in [0.4, 0.5) is 5.82 Å². The summed E-state index contributed by atoms with van der Waals surface area (Å²) < 4.78 is 5.18. The first-order chi connectivity index (χ1) is 13.2. The van der Waals surface area contributed by atoms with Gasteiger partial charge in [0.2, 0.25) is 0 Å². The molecule has 8 nitrogen and oxygen atoms in total. The third-order valence-corrected chi connectivity index (χ3v) is 5.12.